The summed E-state index contributed by atoms with van der Waals surface area (Å²) < 4.78 is 0. The van der Waals surface area contributed by atoms with E-state index in [1.807, 2.05) is 26.0 Å². The lowest BCUT2D eigenvalue weighted by Crippen LogP contribution is -2.19. The maximum absolute atomic E-state index is 10.1. The van der Waals surface area contributed by atoms with Crippen LogP contribution in [0.2, 0.25) is 0 Å². The van der Waals surface area contributed by atoms with Crippen LogP contribution in [0.5, 0.6) is 0 Å². The van der Waals surface area contributed by atoms with Crippen molar-refractivity contribution < 1.29 is 5.11 Å². The van der Waals surface area contributed by atoms with Gasteiger partial charge in [-0.1, -0.05) is 45.0 Å². The lowest BCUT2D eigenvalue weighted by molar-refractivity contribution is 0.0530. The number of hydrogen-bond acceptors (Lipinski definition) is 1. The van der Waals surface area contributed by atoms with Crippen molar-refractivity contribution in [1.29, 1.82) is 0 Å². The zero-order valence-corrected chi connectivity index (χ0v) is 9.54. The molecule has 0 fully saturated rings. The standard InChI is InChI=1S/C13H20O/c1-5-13(4,14)12-8-6-7-11(9-12)10(2)3/h6-10,14H,5H2,1-4H3/t13-/m1/s1. The molecule has 1 rings (SSSR count). The van der Waals surface area contributed by atoms with E-state index >= 15 is 0 Å². The molecule has 0 amide bonds. The van der Waals surface area contributed by atoms with Gasteiger partial charge < -0.3 is 5.11 Å². The molecule has 0 aromatic heterocycles. The Balaban J connectivity index is 3.05. The third-order valence-electron chi connectivity index (χ3n) is 2.86. The summed E-state index contributed by atoms with van der Waals surface area (Å²) in [5.74, 6) is 0.516. The number of benzene rings is 1. The van der Waals surface area contributed by atoms with Crippen molar-refractivity contribution in [3.8, 4) is 0 Å². The van der Waals surface area contributed by atoms with Gasteiger partial charge in [-0.05, 0) is 30.4 Å². The molecule has 1 aromatic carbocycles. The summed E-state index contributed by atoms with van der Waals surface area (Å²) in [4.78, 5) is 0. The smallest absolute Gasteiger partial charge is 0.0866 e. The number of rotatable bonds is 3. The van der Waals surface area contributed by atoms with Crippen LogP contribution in [-0.4, -0.2) is 5.11 Å². The van der Waals surface area contributed by atoms with Gasteiger partial charge in [-0.15, -0.1) is 0 Å². The number of aliphatic hydroxyl groups is 1. The first-order valence-corrected chi connectivity index (χ1v) is 5.30. The zero-order valence-electron chi connectivity index (χ0n) is 9.54. The van der Waals surface area contributed by atoms with Crippen LogP contribution in [0.1, 0.15) is 51.2 Å². The first-order chi connectivity index (χ1) is 6.47. The Morgan fingerprint density at radius 2 is 2.00 bits per heavy atom. The zero-order chi connectivity index (χ0) is 10.8. The van der Waals surface area contributed by atoms with E-state index in [0.29, 0.717) is 5.92 Å². The van der Waals surface area contributed by atoms with E-state index < -0.39 is 5.60 Å². The fourth-order valence-corrected chi connectivity index (χ4v) is 1.44. The van der Waals surface area contributed by atoms with Gasteiger partial charge in [0.25, 0.3) is 0 Å². The summed E-state index contributed by atoms with van der Waals surface area (Å²) in [5.41, 5.74) is 1.62. The van der Waals surface area contributed by atoms with Gasteiger partial charge in [0.15, 0.2) is 0 Å². The molecule has 78 valence electrons. The molecule has 0 aliphatic heterocycles. The second-order valence-corrected chi connectivity index (χ2v) is 4.41. The summed E-state index contributed by atoms with van der Waals surface area (Å²) in [6.45, 7) is 8.20. The van der Waals surface area contributed by atoms with Crippen LogP contribution in [0, 0.1) is 0 Å². The fourth-order valence-electron chi connectivity index (χ4n) is 1.44. The van der Waals surface area contributed by atoms with Gasteiger partial charge >= 0.3 is 0 Å². The summed E-state index contributed by atoms with van der Waals surface area (Å²) in [5, 5.41) is 10.1. The first kappa shape index (κ1) is 11.3. The summed E-state index contributed by atoms with van der Waals surface area (Å²) in [7, 11) is 0. The molecule has 0 spiro atoms. The van der Waals surface area contributed by atoms with Crippen LogP contribution in [0.3, 0.4) is 0 Å². The monoisotopic (exact) mass is 192 g/mol. The minimum atomic E-state index is -0.690. The van der Waals surface area contributed by atoms with Crippen molar-refractivity contribution in [2.75, 3.05) is 0 Å². The second-order valence-electron chi connectivity index (χ2n) is 4.41. The maximum Gasteiger partial charge on any atom is 0.0866 e. The SMILES string of the molecule is CC[C@@](C)(O)c1cccc(C(C)C)c1. The minimum absolute atomic E-state index is 0.516. The highest BCUT2D eigenvalue weighted by Crippen LogP contribution is 2.26. The van der Waals surface area contributed by atoms with Crippen LogP contribution in [-0.2, 0) is 5.60 Å². The molecule has 14 heavy (non-hydrogen) atoms. The highest BCUT2D eigenvalue weighted by molar-refractivity contribution is 5.29. The van der Waals surface area contributed by atoms with Crippen LogP contribution >= 0.6 is 0 Å². The third kappa shape index (κ3) is 2.36. The summed E-state index contributed by atoms with van der Waals surface area (Å²) >= 11 is 0. The molecule has 0 heterocycles. The maximum atomic E-state index is 10.1. The Hall–Kier alpha value is -0.820. The highest BCUT2D eigenvalue weighted by Gasteiger charge is 2.20. The molecular formula is C13H20O. The van der Waals surface area contributed by atoms with Crippen molar-refractivity contribution >= 4 is 0 Å². The van der Waals surface area contributed by atoms with E-state index in [4.69, 9.17) is 0 Å². The van der Waals surface area contributed by atoms with Gasteiger partial charge in [-0.3, -0.25) is 0 Å². The van der Waals surface area contributed by atoms with Crippen molar-refractivity contribution in [2.45, 2.75) is 45.6 Å². The average Bonchev–Trinajstić information content (AvgIpc) is 2.18. The molecule has 0 aliphatic rings. The largest absolute Gasteiger partial charge is 0.385 e. The van der Waals surface area contributed by atoms with E-state index in [2.05, 4.69) is 26.0 Å². The molecule has 0 radical (unpaired) electrons. The molecule has 1 N–H and O–H groups in total. The van der Waals surface area contributed by atoms with Crippen molar-refractivity contribution in [3.05, 3.63) is 35.4 Å². The Kier molecular flexibility index (Phi) is 3.33. The lowest BCUT2D eigenvalue weighted by Gasteiger charge is -2.23. The molecule has 1 atom stereocenters. The average molecular weight is 192 g/mol. The van der Waals surface area contributed by atoms with Crippen molar-refractivity contribution in [3.63, 3.8) is 0 Å². The third-order valence-corrected chi connectivity index (χ3v) is 2.86. The van der Waals surface area contributed by atoms with Crippen LogP contribution < -0.4 is 0 Å². The van der Waals surface area contributed by atoms with Gasteiger partial charge in [0.2, 0.25) is 0 Å². The van der Waals surface area contributed by atoms with Crippen LogP contribution in [0.25, 0.3) is 0 Å². The summed E-state index contributed by atoms with van der Waals surface area (Å²) in [6, 6.07) is 8.23. The van der Waals surface area contributed by atoms with Gasteiger partial charge in [-0.25, -0.2) is 0 Å². The van der Waals surface area contributed by atoms with Crippen molar-refractivity contribution in [2.24, 2.45) is 0 Å². The van der Waals surface area contributed by atoms with Gasteiger partial charge in [0.1, 0.15) is 0 Å². The Morgan fingerprint density at radius 1 is 1.36 bits per heavy atom. The summed E-state index contributed by atoms with van der Waals surface area (Å²) in [6.07, 6.45) is 0.745. The second kappa shape index (κ2) is 4.14. The van der Waals surface area contributed by atoms with E-state index in [1.165, 1.54) is 5.56 Å². The highest BCUT2D eigenvalue weighted by atomic mass is 16.3. The molecule has 0 unspecified atom stereocenters. The van der Waals surface area contributed by atoms with E-state index in [0.717, 1.165) is 12.0 Å². The lowest BCUT2D eigenvalue weighted by atomic mass is 9.90. The van der Waals surface area contributed by atoms with E-state index in [-0.39, 0.29) is 0 Å². The molecular weight excluding hydrogens is 172 g/mol. The first-order valence-electron chi connectivity index (χ1n) is 5.30. The Labute approximate surface area is 86.8 Å². The fraction of sp³-hybridized carbons (Fsp3) is 0.538. The molecule has 1 aromatic rings. The molecule has 1 nitrogen and oxygen atoms in total. The molecule has 0 saturated carbocycles. The van der Waals surface area contributed by atoms with Crippen molar-refractivity contribution in [1.82, 2.24) is 0 Å². The van der Waals surface area contributed by atoms with E-state index in [9.17, 15) is 5.11 Å². The Morgan fingerprint density at radius 3 is 2.50 bits per heavy atom. The predicted molar refractivity (Wildman–Crippen MR) is 60.4 cm³/mol. The minimum Gasteiger partial charge on any atom is -0.385 e. The van der Waals surface area contributed by atoms with Gasteiger partial charge in [0, 0.05) is 0 Å². The number of hydrogen-bond donors (Lipinski definition) is 1. The van der Waals surface area contributed by atoms with E-state index in [1.54, 1.807) is 0 Å². The van der Waals surface area contributed by atoms with Crippen LogP contribution in [0.4, 0.5) is 0 Å². The molecule has 0 saturated heterocycles. The molecule has 0 aliphatic carbocycles. The molecule has 1 heteroatoms. The Bertz CT molecular complexity index is 300. The van der Waals surface area contributed by atoms with Crippen LogP contribution in [0.15, 0.2) is 24.3 Å². The topological polar surface area (TPSA) is 20.2 Å². The van der Waals surface area contributed by atoms with Gasteiger partial charge in [-0.2, -0.15) is 0 Å². The van der Waals surface area contributed by atoms with Gasteiger partial charge in [0.05, 0.1) is 5.60 Å². The quantitative estimate of drug-likeness (QED) is 0.778. The molecule has 0 bridgehead atoms. The predicted octanol–water partition coefficient (Wildman–Crippen LogP) is 3.43. The normalized spacial score (nSPS) is 15.6.